The quantitative estimate of drug-likeness (QED) is 0.894. The first-order chi connectivity index (χ1) is 8.49. The van der Waals surface area contributed by atoms with Gasteiger partial charge in [0.05, 0.1) is 6.10 Å². The summed E-state index contributed by atoms with van der Waals surface area (Å²) >= 11 is 11.9. The van der Waals surface area contributed by atoms with Gasteiger partial charge in [0, 0.05) is 22.5 Å². The zero-order valence-corrected chi connectivity index (χ0v) is 11.5. The molecule has 0 heterocycles. The summed E-state index contributed by atoms with van der Waals surface area (Å²) < 4.78 is 0. The number of nitrogens with one attached hydrogen (secondary N) is 1. The van der Waals surface area contributed by atoms with E-state index < -0.39 is 6.10 Å². The van der Waals surface area contributed by atoms with E-state index in [0.717, 1.165) is 12.0 Å². The van der Waals surface area contributed by atoms with Crippen LogP contribution in [0.4, 0.5) is 0 Å². The van der Waals surface area contributed by atoms with E-state index in [9.17, 15) is 4.79 Å². The third-order valence-electron chi connectivity index (χ3n) is 3.06. The molecule has 98 valence electrons. The van der Waals surface area contributed by atoms with Crippen molar-refractivity contribution in [3.05, 3.63) is 33.8 Å². The third-order valence-corrected chi connectivity index (χ3v) is 3.62. The number of aliphatic hydroxyl groups is 1. The number of aliphatic hydroxyl groups excluding tert-OH is 1. The number of hydrogen-bond acceptors (Lipinski definition) is 2. The molecule has 1 aromatic rings. The molecule has 0 saturated heterocycles. The maximum atomic E-state index is 11.8. The van der Waals surface area contributed by atoms with E-state index in [-0.39, 0.29) is 24.3 Å². The number of hydrogen-bond donors (Lipinski definition) is 2. The van der Waals surface area contributed by atoms with E-state index in [4.69, 9.17) is 28.3 Å². The van der Waals surface area contributed by atoms with E-state index in [1.54, 1.807) is 19.1 Å². The van der Waals surface area contributed by atoms with Crippen LogP contribution >= 0.6 is 23.2 Å². The van der Waals surface area contributed by atoms with Crippen molar-refractivity contribution in [3.8, 4) is 0 Å². The Balaban J connectivity index is 1.96. The minimum Gasteiger partial charge on any atom is -0.392 e. The first-order valence-electron chi connectivity index (χ1n) is 5.89. The Morgan fingerprint density at radius 3 is 2.89 bits per heavy atom. The first kappa shape index (κ1) is 13.7. The Bertz CT molecular complexity index is 462. The summed E-state index contributed by atoms with van der Waals surface area (Å²) in [6.07, 6.45) is 0.276. The van der Waals surface area contributed by atoms with Crippen LogP contribution in [0.25, 0.3) is 0 Å². The van der Waals surface area contributed by atoms with Crippen LogP contribution in [0.5, 0.6) is 0 Å². The van der Waals surface area contributed by atoms with E-state index in [0.29, 0.717) is 10.0 Å². The Labute approximate surface area is 116 Å². The monoisotopic (exact) mass is 287 g/mol. The second-order valence-corrected chi connectivity index (χ2v) is 5.55. The molecule has 1 amide bonds. The molecule has 18 heavy (non-hydrogen) atoms. The molecule has 2 rings (SSSR count). The molecule has 5 heteroatoms. The zero-order chi connectivity index (χ0) is 13.3. The highest BCUT2D eigenvalue weighted by molar-refractivity contribution is 6.35. The molecule has 1 aliphatic carbocycles. The van der Waals surface area contributed by atoms with Crippen molar-refractivity contribution >= 4 is 29.1 Å². The molecule has 0 aliphatic heterocycles. The van der Waals surface area contributed by atoms with Gasteiger partial charge in [-0.15, -0.1) is 0 Å². The SMILES string of the molecule is CC(O)CNC(=O)C1CC1c1ccc(Cl)cc1Cl. The van der Waals surface area contributed by atoms with Crippen molar-refractivity contribution in [1.82, 2.24) is 5.32 Å². The molecule has 3 atom stereocenters. The molecule has 0 aromatic heterocycles. The largest absolute Gasteiger partial charge is 0.392 e. The van der Waals surface area contributed by atoms with Crippen LogP contribution in [0.15, 0.2) is 18.2 Å². The number of carbonyl (C=O) groups is 1. The molecule has 1 saturated carbocycles. The fraction of sp³-hybridized carbons (Fsp3) is 0.462. The highest BCUT2D eigenvalue weighted by atomic mass is 35.5. The maximum absolute atomic E-state index is 11.8. The van der Waals surface area contributed by atoms with Crippen LogP contribution in [0.2, 0.25) is 10.0 Å². The van der Waals surface area contributed by atoms with Crippen molar-refractivity contribution in [3.63, 3.8) is 0 Å². The maximum Gasteiger partial charge on any atom is 0.223 e. The predicted molar refractivity (Wildman–Crippen MR) is 72.0 cm³/mol. The van der Waals surface area contributed by atoms with Gasteiger partial charge in [0.2, 0.25) is 5.91 Å². The smallest absolute Gasteiger partial charge is 0.223 e. The summed E-state index contributed by atoms with van der Waals surface area (Å²) in [5.41, 5.74) is 0.971. The van der Waals surface area contributed by atoms with Crippen molar-refractivity contribution in [1.29, 1.82) is 0 Å². The lowest BCUT2D eigenvalue weighted by atomic mass is 10.1. The van der Waals surface area contributed by atoms with Gasteiger partial charge in [0.1, 0.15) is 0 Å². The predicted octanol–water partition coefficient (Wildman–Crippen LogP) is 2.59. The van der Waals surface area contributed by atoms with Gasteiger partial charge in [0.25, 0.3) is 0 Å². The number of benzene rings is 1. The van der Waals surface area contributed by atoms with Gasteiger partial charge in [-0.2, -0.15) is 0 Å². The van der Waals surface area contributed by atoms with Crippen LogP contribution in [-0.4, -0.2) is 23.7 Å². The Morgan fingerprint density at radius 1 is 1.56 bits per heavy atom. The minimum atomic E-state index is -0.523. The van der Waals surface area contributed by atoms with Crippen molar-refractivity contribution in [2.24, 2.45) is 5.92 Å². The summed E-state index contributed by atoms with van der Waals surface area (Å²) in [5.74, 6) is 0.109. The van der Waals surface area contributed by atoms with Gasteiger partial charge in [0.15, 0.2) is 0 Å². The van der Waals surface area contributed by atoms with Crippen LogP contribution in [-0.2, 0) is 4.79 Å². The molecule has 3 unspecified atom stereocenters. The fourth-order valence-corrected chi connectivity index (χ4v) is 2.56. The van der Waals surface area contributed by atoms with Gasteiger partial charge < -0.3 is 10.4 Å². The number of halogens is 2. The van der Waals surface area contributed by atoms with Crippen molar-refractivity contribution in [2.45, 2.75) is 25.4 Å². The highest BCUT2D eigenvalue weighted by Gasteiger charge is 2.44. The van der Waals surface area contributed by atoms with E-state index in [1.807, 2.05) is 6.07 Å². The van der Waals surface area contributed by atoms with E-state index in [1.165, 1.54) is 0 Å². The molecule has 1 aliphatic rings. The summed E-state index contributed by atoms with van der Waals surface area (Å²) in [4.78, 5) is 11.8. The molecule has 0 bridgehead atoms. The molecule has 3 nitrogen and oxygen atoms in total. The average Bonchev–Trinajstić information content (AvgIpc) is 3.05. The molecule has 0 spiro atoms. The lowest BCUT2D eigenvalue weighted by molar-refractivity contribution is -0.122. The van der Waals surface area contributed by atoms with Gasteiger partial charge in [-0.1, -0.05) is 29.3 Å². The second kappa shape index (κ2) is 5.47. The van der Waals surface area contributed by atoms with Gasteiger partial charge in [-0.25, -0.2) is 0 Å². The van der Waals surface area contributed by atoms with E-state index >= 15 is 0 Å². The fourth-order valence-electron chi connectivity index (χ4n) is 2.01. The van der Waals surface area contributed by atoms with Gasteiger partial charge >= 0.3 is 0 Å². The van der Waals surface area contributed by atoms with Crippen LogP contribution < -0.4 is 5.32 Å². The number of carbonyl (C=O) groups excluding carboxylic acids is 1. The second-order valence-electron chi connectivity index (χ2n) is 4.71. The minimum absolute atomic E-state index is 0.0214. The molecular formula is C13H15Cl2NO2. The summed E-state index contributed by atoms with van der Waals surface area (Å²) in [6, 6.07) is 5.35. The van der Waals surface area contributed by atoms with Crippen molar-refractivity contribution in [2.75, 3.05) is 6.54 Å². The third kappa shape index (κ3) is 3.16. The highest BCUT2D eigenvalue weighted by Crippen LogP contribution is 2.49. The molecule has 1 aromatic carbocycles. The summed E-state index contributed by atoms with van der Waals surface area (Å²) in [5, 5.41) is 13.0. The van der Waals surface area contributed by atoms with Gasteiger partial charge in [-0.3, -0.25) is 4.79 Å². The molecule has 2 N–H and O–H groups in total. The zero-order valence-electron chi connectivity index (χ0n) is 9.99. The summed E-state index contributed by atoms with van der Waals surface area (Å²) in [7, 11) is 0. The lowest BCUT2D eigenvalue weighted by Gasteiger charge is -2.07. The standard InChI is InChI=1S/C13H15Cl2NO2/c1-7(17)6-16-13(18)11-5-10(11)9-3-2-8(14)4-12(9)15/h2-4,7,10-11,17H,5-6H2,1H3,(H,16,18). The Morgan fingerprint density at radius 2 is 2.28 bits per heavy atom. The molecule has 1 fully saturated rings. The number of amides is 1. The van der Waals surface area contributed by atoms with Crippen LogP contribution in [0.1, 0.15) is 24.8 Å². The first-order valence-corrected chi connectivity index (χ1v) is 6.65. The van der Waals surface area contributed by atoms with Crippen LogP contribution in [0, 0.1) is 5.92 Å². The van der Waals surface area contributed by atoms with Gasteiger partial charge in [-0.05, 0) is 37.0 Å². The number of rotatable bonds is 4. The molecule has 0 radical (unpaired) electrons. The Kier molecular flexibility index (Phi) is 4.15. The van der Waals surface area contributed by atoms with Crippen molar-refractivity contribution < 1.29 is 9.90 Å². The lowest BCUT2D eigenvalue weighted by Crippen LogP contribution is -2.31. The topological polar surface area (TPSA) is 49.3 Å². The summed E-state index contributed by atoms with van der Waals surface area (Å²) in [6.45, 7) is 1.93. The van der Waals surface area contributed by atoms with E-state index in [2.05, 4.69) is 5.32 Å². The normalized spacial score (nSPS) is 23.6. The van der Waals surface area contributed by atoms with Crippen LogP contribution in [0.3, 0.4) is 0 Å². The Hall–Kier alpha value is -0.770. The average molecular weight is 288 g/mol. The molecular weight excluding hydrogens is 273 g/mol.